The van der Waals surface area contributed by atoms with Crippen molar-refractivity contribution in [3.8, 4) is 0 Å². The van der Waals surface area contributed by atoms with E-state index in [9.17, 15) is 0 Å². The van der Waals surface area contributed by atoms with E-state index in [1.807, 2.05) is 30.1 Å². The number of hydrogen-bond acceptors (Lipinski definition) is 5. The Morgan fingerprint density at radius 3 is 2.90 bits per heavy atom. The van der Waals surface area contributed by atoms with E-state index in [1.165, 1.54) is 0 Å². The van der Waals surface area contributed by atoms with Crippen LogP contribution in [0.4, 0.5) is 5.82 Å². The fourth-order valence-electron chi connectivity index (χ4n) is 2.26. The smallest absolute Gasteiger partial charge is 0.133 e. The summed E-state index contributed by atoms with van der Waals surface area (Å²) < 4.78 is 5.04. The Labute approximate surface area is 125 Å². The van der Waals surface area contributed by atoms with Crippen molar-refractivity contribution in [1.82, 2.24) is 10.3 Å². The number of pyridine rings is 1. The molecule has 0 saturated heterocycles. The molecule has 0 atom stereocenters. The van der Waals surface area contributed by atoms with Crippen molar-refractivity contribution >= 4 is 16.7 Å². The number of fused-ring (bicyclic) bond motifs is 1. The number of benzene rings is 1. The summed E-state index contributed by atoms with van der Waals surface area (Å²) >= 11 is 0. The third kappa shape index (κ3) is 4.14. The van der Waals surface area contributed by atoms with Crippen LogP contribution in [0.1, 0.15) is 5.56 Å². The van der Waals surface area contributed by atoms with Crippen molar-refractivity contribution in [2.75, 3.05) is 45.4 Å². The largest absolute Gasteiger partial charge is 0.395 e. The Balaban J connectivity index is 2.27. The maximum Gasteiger partial charge on any atom is 0.133 e. The molecule has 0 fully saturated rings. The Kier molecular flexibility index (Phi) is 5.92. The summed E-state index contributed by atoms with van der Waals surface area (Å²) in [5, 5.41) is 13.6. The van der Waals surface area contributed by atoms with Gasteiger partial charge in [-0.1, -0.05) is 18.2 Å². The second-order valence-electron chi connectivity index (χ2n) is 4.98. The van der Waals surface area contributed by atoms with Crippen LogP contribution in [0.25, 0.3) is 10.9 Å². The van der Waals surface area contributed by atoms with Crippen molar-refractivity contribution in [2.45, 2.75) is 6.54 Å². The predicted octanol–water partition coefficient (Wildman–Crippen LogP) is 1.40. The molecule has 0 radical (unpaired) electrons. The number of aliphatic hydroxyl groups excluding tert-OH is 1. The van der Waals surface area contributed by atoms with Gasteiger partial charge >= 0.3 is 0 Å². The van der Waals surface area contributed by atoms with E-state index >= 15 is 0 Å². The van der Waals surface area contributed by atoms with Crippen molar-refractivity contribution in [1.29, 1.82) is 0 Å². The molecule has 0 unspecified atom stereocenters. The predicted molar refractivity (Wildman–Crippen MR) is 85.7 cm³/mol. The fourth-order valence-corrected chi connectivity index (χ4v) is 2.26. The summed E-state index contributed by atoms with van der Waals surface area (Å²) in [6.07, 6.45) is 0. The minimum absolute atomic E-state index is 0.113. The van der Waals surface area contributed by atoms with Gasteiger partial charge in [0, 0.05) is 44.7 Å². The highest BCUT2D eigenvalue weighted by atomic mass is 16.5. The molecule has 1 aromatic carbocycles. The van der Waals surface area contributed by atoms with Gasteiger partial charge in [-0.2, -0.15) is 0 Å². The second kappa shape index (κ2) is 7.93. The summed E-state index contributed by atoms with van der Waals surface area (Å²) in [7, 11) is 3.64. The van der Waals surface area contributed by atoms with E-state index in [4.69, 9.17) is 14.8 Å². The van der Waals surface area contributed by atoms with Gasteiger partial charge < -0.3 is 20.1 Å². The van der Waals surface area contributed by atoms with Crippen molar-refractivity contribution in [2.24, 2.45) is 0 Å². The quantitative estimate of drug-likeness (QED) is 0.719. The van der Waals surface area contributed by atoms with Gasteiger partial charge in [0.1, 0.15) is 5.82 Å². The lowest BCUT2D eigenvalue weighted by molar-refractivity contribution is 0.199. The number of nitrogens with zero attached hydrogens (tertiary/aromatic N) is 2. The molecule has 114 valence electrons. The van der Waals surface area contributed by atoms with Crippen LogP contribution < -0.4 is 10.2 Å². The van der Waals surface area contributed by atoms with Crippen molar-refractivity contribution in [3.63, 3.8) is 0 Å². The molecule has 21 heavy (non-hydrogen) atoms. The van der Waals surface area contributed by atoms with Crippen LogP contribution in [0.2, 0.25) is 0 Å². The number of rotatable bonds is 8. The molecule has 0 aliphatic carbocycles. The third-order valence-corrected chi connectivity index (χ3v) is 3.38. The monoisotopic (exact) mass is 289 g/mol. The third-order valence-electron chi connectivity index (χ3n) is 3.38. The average Bonchev–Trinajstić information content (AvgIpc) is 2.51. The van der Waals surface area contributed by atoms with E-state index < -0.39 is 0 Å². The maximum absolute atomic E-state index is 9.15. The van der Waals surface area contributed by atoms with Crippen LogP contribution in [-0.4, -0.2) is 50.6 Å². The SMILES string of the molecule is COCCNCc1cc2ccccc2nc1N(C)CCO. The first-order valence-corrected chi connectivity index (χ1v) is 7.16. The fraction of sp³-hybridized carbons (Fsp3) is 0.438. The zero-order valence-electron chi connectivity index (χ0n) is 12.7. The normalized spacial score (nSPS) is 11.0. The highest BCUT2D eigenvalue weighted by molar-refractivity contribution is 5.81. The van der Waals surface area contributed by atoms with Crippen molar-refractivity contribution < 1.29 is 9.84 Å². The van der Waals surface area contributed by atoms with E-state index in [0.29, 0.717) is 13.2 Å². The highest BCUT2D eigenvalue weighted by Gasteiger charge is 2.10. The molecule has 0 aliphatic heterocycles. The van der Waals surface area contributed by atoms with Crippen LogP contribution >= 0.6 is 0 Å². The maximum atomic E-state index is 9.15. The molecule has 2 aromatic rings. The Morgan fingerprint density at radius 1 is 1.33 bits per heavy atom. The van der Waals surface area contributed by atoms with Crippen LogP contribution in [0, 0.1) is 0 Å². The molecule has 0 bridgehead atoms. The molecule has 1 heterocycles. The molecule has 0 saturated carbocycles. The van der Waals surface area contributed by atoms with Gasteiger partial charge in [0.2, 0.25) is 0 Å². The Hall–Kier alpha value is -1.69. The van der Waals surface area contributed by atoms with Gasteiger partial charge in [0.05, 0.1) is 18.7 Å². The van der Waals surface area contributed by atoms with Crippen LogP contribution in [0.3, 0.4) is 0 Å². The Morgan fingerprint density at radius 2 is 2.14 bits per heavy atom. The lowest BCUT2D eigenvalue weighted by Crippen LogP contribution is -2.26. The van der Waals surface area contributed by atoms with Gasteiger partial charge in [-0.05, 0) is 12.1 Å². The number of likely N-dealkylation sites (N-methyl/N-ethyl adjacent to an activating group) is 1. The number of aromatic nitrogens is 1. The number of aliphatic hydroxyl groups is 1. The van der Waals surface area contributed by atoms with E-state index in [0.717, 1.165) is 35.4 Å². The van der Waals surface area contributed by atoms with E-state index in [1.54, 1.807) is 7.11 Å². The van der Waals surface area contributed by atoms with Gasteiger partial charge in [-0.3, -0.25) is 0 Å². The standard InChI is InChI=1S/C16H23N3O2/c1-19(8-9-20)16-14(12-17-7-10-21-2)11-13-5-3-4-6-15(13)18-16/h3-6,11,17,20H,7-10,12H2,1-2H3. The number of para-hydroxylation sites is 1. The minimum Gasteiger partial charge on any atom is -0.395 e. The lowest BCUT2D eigenvalue weighted by Gasteiger charge is -2.21. The lowest BCUT2D eigenvalue weighted by atomic mass is 10.1. The zero-order valence-corrected chi connectivity index (χ0v) is 12.7. The zero-order chi connectivity index (χ0) is 15.1. The van der Waals surface area contributed by atoms with Gasteiger partial charge in [-0.25, -0.2) is 4.98 Å². The summed E-state index contributed by atoms with van der Waals surface area (Å²) in [6, 6.07) is 10.2. The summed E-state index contributed by atoms with van der Waals surface area (Å²) in [5.74, 6) is 0.910. The summed E-state index contributed by atoms with van der Waals surface area (Å²) in [5.41, 5.74) is 2.10. The van der Waals surface area contributed by atoms with Crippen molar-refractivity contribution in [3.05, 3.63) is 35.9 Å². The molecule has 0 spiro atoms. The first kappa shape index (κ1) is 15.7. The highest BCUT2D eigenvalue weighted by Crippen LogP contribution is 2.22. The molecule has 5 heteroatoms. The first-order valence-electron chi connectivity index (χ1n) is 7.16. The number of methoxy groups -OCH3 is 1. The molecule has 1 aromatic heterocycles. The van der Waals surface area contributed by atoms with E-state index in [-0.39, 0.29) is 6.61 Å². The topological polar surface area (TPSA) is 57.6 Å². The van der Waals surface area contributed by atoms with Gasteiger partial charge in [-0.15, -0.1) is 0 Å². The van der Waals surface area contributed by atoms with Gasteiger partial charge in [0.15, 0.2) is 0 Å². The average molecular weight is 289 g/mol. The van der Waals surface area contributed by atoms with E-state index in [2.05, 4.69) is 17.4 Å². The van der Waals surface area contributed by atoms with Crippen LogP contribution in [-0.2, 0) is 11.3 Å². The molecule has 5 nitrogen and oxygen atoms in total. The number of nitrogens with one attached hydrogen (secondary N) is 1. The Bertz CT molecular complexity index is 574. The number of ether oxygens (including phenoxy) is 1. The van der Waals surface area contributed by atoms with Crippen LogP contribution in [0.15, 0.2) is 30.3 Å². The molecule has 0 amide bonds. The second-order valence-corrected chi connectivity index (χ2v) is 4.98. The number of anilines is 1. The first-order chi connectivity index (χ1) is 10.3. The molecule has 2 rings (SSSR count). The molecule has 0 aliphatic rings. The summed E-state index contributed by atoms with van der Waals surface area (Å²) in [6.45, 7) is 2.89. The molecular weight excluding hydrogens is 266 g/mol. The van der Waals surface area contributed by atoms with Crippen LogP contribution in [0.5, 0.6) is 0 Å². The molecule has 2 N–H and O–H groups in total. The van der Waals surface area contributed by atoms with Gasteiger partial charge in [0.25, 0.3) is 0 Å². The summed E-state index contributed by atoms with van der Waals surface area (Å²) in [4.78, 5) is 6.72. The number of hydrogen-bond donors (Lipinski definition) is 2. The molecular formula is C16H23N3O2. The minimum atomic E-state index is 0.113.